The van der Waals surface area contributed by atoms with Gasteiger partial charge in [0.05, 0.1) is 10.0 Å². The average molecular weight is 268 g/mol. The molecule has 1 aromatic rings. The summed E-state index contributed by atoms with van der Waals surface area (Å²) < 4.78 is 0. The van der Waals surface area contributed by atoms with Crippen LogP contribution in [0.4, 0.5) is 0 Å². The summed E-state index contributed by atoms with van der Waals surface area (Å²) in [5.74, 6) is 0.659. The maximum atomic E-state index is 6.14. The van der Waals surface area contributed by atoms with Gasteiger partial charge >= 0.3 is 0 Å². The quantitative estimate of drug-likeness (QED) is 0.764. The Hall–Kier alpha value is -0.500. The lowest BCUT2D eigenvalue weighted by molar-refractivity contribution is 0.403. The summed E-state index contributed by atoms with van der Waals surface area (Å²) in [5.41, 5.74) is 2.87. The monoisotopic (exact) mass is 267 g/mol. The molecule has 0 aromatic heterocycles. The Morgan fingerprint density at radius 2 is 2.12 bits per heavy atom. The lowest BCUT2D eigenvalue weighted by atomic mass is 9.74. The van der Waals surface area contributed by atoms with Crippen LogP contribution in [0.1, 0.15) is 18.4 Å². The molecule has 0 unspecified atom stereocenters. The van der Waals surface area contributed by atoms with Gasteiger partial charge in [-0.25, -0.2) is 0 Å². The van der Waals surface area contributed by atoms with E-state index in [1.165, 1.54) is 11.1 Å². The van der Waals surface area contributed by atoms with E-state index in [1.807, 2.05) is 12.1 Å². The van der Waals surface area contributed by atoms with Crippen LogP contribution in [-0.4, -0.2) is 13.1 Å². The first-order chi connectivity index (χ1) is 8.12. The zero-order chi connectivity index (χ0) is 12.0. The van der Waals surface area contributed by atoms with E-state index in [1.54, 1.807) is 0 Å². The molecule has 2 fully saturated rings. The molecule has 1 nitrogen and oxygen atoms in total. The molecule has 1 heterocycles. The van der Waals surface area contributed by atoms with Crippen LogP contribution in [0.2, 0.25) is 10.0 Å². The number of benzene rings is 1. The molecule has 1 N–H and O–H groups in total. The number of fused-ring (bicyclic) bond motifs is 1. The Morgan fingerprint density at radius 3 is 2.88 bits per heavy atom. The lowest BCUT2D eigenvalue weighted by Gasteiger charge is -2.29. The molecular weight excluding hydrogens is 253 g/mol. The van der Waals surface area contributed by atoms with Crippen LogP contribution in [0.25, 0.3) is 0 Å². The fourth-order valence-electron chi connectivity index (χ4n) is 3.40. The van der Waals surface area contributed by atoms with Crippen molar-refractivity contribution in [2.24, 2.45) is 5.92 Å². The van der Waals surface area contributed by atoms with Gasteiger partial charge in [-0.2, -0.15) is 0 Å². The van der Waals surface area contributed by atoms with Crippen molar-refractivity contribution in [3.63, 3.8) is 0 Å². The minimum absolute atomic E-state index is 0.200. The second-order valence-electron chi connectivity index (χ2n) is 5.24. The van der Waals surface area contributed by atoms with Crippen LogP contribution in [-0.2, 0) is 5.41 Å². The van der Waals surface area contributed by atoms with Gasteiger partial charge in [0.15, 0.2) is 0 Å². The second-order valence-corrected chi connectivity index (χ2v) is 6.06. The van der Waals surface area contributed by atoms with E-state index in [0.29, 0.717) is 16.0 Å². The molecule has 3 heteroatoms. The molecule has 1 saturated carbocycles. The summed E-state index contributed by atoms with van der Waals surface area (Å²) >= 11 is 12.1. The average Bonchev–Trinajstić information content (AvgIpc) is 2.78. The van der Waals surface area contributed by atoms with Gasteiger partial charge in [0.1, 0.15) is 0 Å². The highest BCUT2D eigenvalue weighted by molar-refractivity contribution is 6.42. The fourth-order valence-corrected chi connectivity index (χ4v) is 3.69. The molecule has 0 radical (unpaired) electrons. The van der Waals surface area contributed by atoms with Crippen LogP contribution >= 0.6 is 23.2 Å². The van der Waals surface area contributed by atoms with Crippen LogP contribution in [0.5, 0.6) is 0 Å². The summed E-state index contributed by atoms with van der Waals surface area (Å²) in [6, 6.07) is 6.06. The third-order valence-electron chi connectivity index (χ3n) is 4.21. The van der Waals surface area contributed by atoms with Gasteiger partial charge in [0.2, 0.25) is 0 Å². The Kier molecular flexibility index (Phi) is 2.73. The SMILES string of the molecule is C=C1C[C@@H]2CNC[C@]2(c2ccc(Cl)c(Cl)c2)C1. The number of halogens is 2. The highest BCUT2D eigenvalue weighted by Gasteiger charge is 2.48. The molecule has 3 rings (SSSR count). The van der Waals surface area contributed by atoms with Crippen molar-refractivity contribution in [2.45, 2.75) is 18.3 Å². The smallest absolute Gasteiger partial charge is 0.0595 e. The van der Waals surface area contributed by atoms with E-state index in [4.69, 9.17) is 23.2 Å². The molecule has 1 aliphatic heterocycles. The number of rotatable bonds is 1. The third-order valence-corrected chi connectivity index (χ3v) is 4.95. The van der Waals surface area contributed by atoms with E-state index in [0.717, 1.165) is 25.9 Å². The molecule has 1 aliphatic carbocycles. The maximum Gasteiger partial charge on any atom is 0.0595 e. The van der Waals surface area contributed by atoms with Gasteiger partial charge in [-0.1, -0.05) is 41.4 Å². The number of hydrogen-bond donors (Lipinski definition) is 1. The first-order valence-corrected chi connectivity index (χ1v) is 6.70. The van der Waals surface area contributed by atoms with Gasteiger partial charge in [-0.05, 0) is 43.0 Å². The van der Waals surface area contributed by atoms with E-state index in [-0.39, 0.29) is 5.41 Å². The number of hydrogen-bond acceptors (Lipinski definition) is 1. The van der Waals surface area contributed by atoms with Crippen molar-refractivity contribution in [2.75, 3.05) is 13.1 Å². The van der Waals surface area contributed by atoms with Crippen molar-refractivity contribution in [1.82, 2.24) is 5.32 Å². The van der Waals surface area contributed by atoms with Gasteiger partial charge in [-0.3, -0.25) is 0 Å². The van der Waals surface area contributed by atoms with Crippen molar-refractivity contribution >= 4 is 23.2 Å². The highest BCUT2D eigenvalue weighted by Crippen LogP contribution is 2.50. The summed E-state index contributed by atoms with van der Waals surface area (Å²) in [6.07, 6.45) is 2.20. The Bertz CT molecular complexity index is 483. The third kappa shape index (κ3) is 1.72. The van der Waals surface area contributed by atoms with Gasteiger partial charge < -0.3 is 5.32 Å². The number of allylic oxidation sites excluding steroid dienone is 1. The maximum absolute atomic E-state index is 6.14. The molecule has 90 valence electrons. The molecular formula is C14H15Cl2N. The van der Waals surface area contributed by atoms with Crippen LogP contribution in [0, 0.1) is 5.92 Å². The van der Waals surface area contributed by atoms with E-state index in [9.17, 15) is 0 Å². The van der Waals surface area contributed by atoms with Crippen molar-refractivity contribution in [3.8, 4) is 0 Å². The van der Waals surface area contributed by atoms with Gasteiger partial charge in [0.25, 0.3) is 0 Å². The van der Waals surface area contributed by atoms with Crippen LogP contribution in [0.15, 0.2) is 30.4 Å². The minimum Gasteiger partial charge on any atom is -0.316 e. The van der Waals surface area contributed by atoms with E-state index < -0.39 is 0 Å². The summed E-state index contributed by atoms with van der Waals surface area (Å²) in [5, 5.41) is 4.79. The molecule has 2 aliphatic rings. The largest absolute Gasteiger partial charge is 0.316 e. The number of nitrogens with one attached hydrogen (secondary N) is 1. The molecule has 1 aromatic carbocycles. The lowest BCUT2D eigenvalue weighted by Crippen LogP contribution is -2.30. The van der Waals surface area contributed by atoms with Gasteiger partial charge in [-0.15, -0.1) is 0 Å². The topological polar surface area (TPSA) is 12.0 Å². The summed E-state index contributed by atoms with van der Waals surface area (Å²) in [7, 11) is 0. The van der Waals surface area contributed by atoms with E-state index in [2.05, 4.69) is 18.0 Å². The predicted octanol–water partition coefficient (Wildman–Crippen LogP) is 3.80. The summed E-state index contributed by atoms with van der Waals surface area (Å²) in [6.45, 7) is 6.27. The molecule has 1 saturated heterocycles. The van der Waals surface area contributed by atoms with Crippen LogP contribution in [0.3, 0.4) is 0 Å². The normalized spacial score (nSPS) is 31.9. The van der Waals surface area contributed by atoms with Crippen molar-refractivity contribution in [1.29, 1.82) is 0 Å². The molecule has 0 bridgehead atoms. The second kappa shape index (κ2) is 4.01. The Morgan fingerprint density at radius 1 is 1.29 bits per heavy atom. The molecule has 0 amide bonds. The fraction of sp³-hybridized carbons (Fsp3) is 0.429. The van der Waals surface area contributed by atoms with Crippen molar-refractivity contribution < 1.29 is 0 Å². The Labute approximate surface area is 112 Å². The minimum atomic E-state index is 0.200. The first kappa shape index (κ1) is 11.6. The van der Waals surface area contributed by atoms with Crippen LogP contribution < -0.4 is 5.32 Å². The van der Waals surface area contributed by atoms with Gasteiger partial charge in [0, 0.05) is 12.0 Å². The standard InChI is InChI=1S/C14H15Cl2N/c1-9-4-11-7-17-8-14(11,6-9)10-2-3-12(15)13(16)5-10/h2-3,5,11,17H,1,4,6-8H2/t11-,14+/m1/s1. The van der Waals surface area contributed by atoms with Crippen molar-refractivity contribution in [3.05, 3.63) is 46.0 Å². The Balaban J connectivity index is 2.06. The first-order valence-electron chi connectivity index (χ1n) is 5.95. The molecule has 2 atom stereocenters. The van der Waals surface area contributed by atoms with E-state index >= 15 is 0 Å². The zero-order valence-corrected chi connectivity index (χ0v) is 11.1. The highest BCUT2D eigenvalue weighted by atomic mass is 35.5. The molecule has 0 spiro atoms. The predicted molar refractivity (Wildman–Crippen MR) is 72.9 cm³/mol. The molecule has 17 heavy (non-hydrogen) atoms. The zero-order valence-electron chi connectivity index (χ0n) is 9.60. The summed E-state index contributed by atoms with van der Waals surface area (Å²) in [4.78, 5) is 0.